The molecule has 3 heterocycles. The van der Waals surface area contributed by atoms with Gasteiger partial charge in [0.2, 0.25) is 5.91 Å². The van der Waals surface area contributed by atoms with E-state index in [1.54, 1.807) is 10.8 Å². The zero-order chi connectivity index (χ0) is 19.5. The summed E-state index contributed by atoms with van der Waals surface area (Å²) in [5.41, 5.74) is 5.88. The molecule has 7 nitrogen and oxygen atoms in total. The number of aryl methyl sites for hydroxylation is 2. The van der Waals surface area contributed by atoms with Crippen LogP contribution in [-0.4, -0.2) is 43.7 Å². The Bertz CT molecular complexity index is 972. The van der Waals surface area contributed by atoms with Gasteiger partial charge in [0.1, 0.15) is 6.33 Å². The summed E-state index contributed by atoms with van der Waals surface area (Å²) in [6.07, 6.45) is 5.23. The standard InChI is InChI=1S/C21H26N6O/c1-15-19(16(2)25-27-14-22-24-21(15)27)9-10-20(28)23-18-7-5-17(6-8-18)13-26-11-3-4-12-26/h5-8,14H,3-4,9-13H2,1-2H3,(H,23,28). The van der Waals surface area contributed by atoms with E-state index < -0.39 is 0 Å². The molecule has 1 aliphatic heterocycles. The predicted octanol–water partition coefficient (Wildman–Crippen LogP) is 2.91. The lowest BCUT2D eigenvalue weighted by molar-refractivity contribution is -0.116. The molecule has 0 saturated carbocycles. The molecule has 1 N–H and O–H groups in total. The Morgan fingerprint density at radius 3 is 2.64 bits per heavy atom. The molecule has 1 aromatic carbocycles. The minimum atomic E-state index is 0.00688. The number of amides is 1. The maximum atomic E-state index is 12.4. The molecule has 1 fully saturated rings. The second kappa shape index (κ2) is 8.06. The minimum absolute atomic E-state index is 0.00688. The van der Waals surface area contributed by atoms with E-state index in [0.29, 0.717) is 12.8 Å². The zero-order valence-corrected chi connectivity index (χ0v) is 16.5. The SMILES string of the molecule is Cc1nn2cnnc2c(C)c1CCC(=O)Nc1ccc(CN2CCCC2)cc1. The van der Waals surface area contributed by atoms with Crippen molar-refractivity contribution in [2.24, 2.45) is 0 Å². The molecule has 0 spiro atoms. The third-order valence-electron chi connectivity index (χ3n) is 5.46. The zero-order valence-electron chi connectivity index (χ0n) is 16.5. The van der Waals surface area contributed by atoms with E-state index in [-0.39, 0.29) is 5.91 Å². The van der Waals surface area contributed by atoms with Gasteiger partial charge >= 0.3 is 0 Å². The lowest BCUT2D eigenvalue weighted by Crippen LogP contribution is -2.18. The van der Waals surface area contributed by atoms with Crippen molar-refractivity contribution >= 4 is 17.2 Å². The van der Waals surface area contributed by atoms with Crippen molar-refractivity contribution in [2.75, 3.05) is 18.4 Å². The highest BCUT2D eigenvalue weighted by Gasteiger charge is 2.14. The number of rotatable bonds is 6. The van der Waals surface area contributed by atoms with Crippen LogP contribution in [0.25, 0.3) is 5.65 Å². The Morgan fingerprint density at radius 1 is 1.14 bits per heavy atom. The number of hydrogen-bond acceptors (Lipinski definition) is 5. The van der Waals surface area contributed by atoms with E-state index in [4.69, 9.17) is 0 Å². The van der Waals surface area contributed by atoms with Crippen LogP contribution in [0.1, 0.15) is 41.6 Å². The molecule has 4 rings (SSSR count). The van der Waals surface area contributed by atoms with Crippen LogP contribution in [0.15, 0.2) is 30.6 Å². The highest BCUT2D eigenvalue weighted by atomic mass is 16.1. The van der Waals surface area contributed by atoms with Gasteiger partial charge in [-0.3, -0.25) is 9.69 Å². The number of carbonyl (C=O) groups excluding carboxylic acids is 1. The Kier molecular flexibility index (Phi) is 5.34. The fourth-order valence-corrected chi connectivity index (χ4v) is 3.90. The van der Waals surface area contributed by atoms with Crippen molar-refractivity contribution in [3.05, 3.63) is 53.0 Å². The third kappa shape index (κ3) is 4.04. The molecule has 146 valence electrons. The van der Waals surface area contributed by atoms with Gasteiger partial charge < -0.3 is 5.32 Å². The second-order valence-corrected chi connectivity index (χ2v) is 7.52. The van der Waals surface area contributed by atoms with Gasteiger partial charge in [-0.25, -0.2) is 4.52 Å². The van der Waals surface area contributed by atoms with Crippen LogP contribution in [0.3, 0.4) is 0 Å². The number of hydrogen-bond donors (Lipinski definition) is 1. The van der Waals surface area contributed by atoms with E-state index >= 15 is 0 Å². The first kappa shape index (κ1) is 18.6. The molecule has 0 aliphatic carbocycles. The summed E-state index contributed by atoms with van der Waals surface area (Å²) in [5, 5.41) is 15.5. The highest BCUT2D eigenvalue weighted by molar-refractivity contribution is 5.90. The fraction of sp³-hybridized carbons (Fsp3) is 0.429. The number of anilines is 1. The van der Waals surface area contributed by atoms with Gasteiger partial charge in [-0.05, 0) is 69.5 Å². The van der Waals surface area contributed by atoms with Gasteiger partial charge in [0.15, 0.2) is 5.65 Å². The average Bonchev–Trinajstić information content (AvgIpc) is 3.35. The Morgan fingerprint density at radius 2 is 1.89 bits per heavy atom. The largest absolute Gasteiger partial charge is 0.326 e. The molecule has 1 saturated heterocycles. The fourth-order valence-electron chi connectivity index (χ4n) is 3.90. The summed E-state index contributed by atoms with van der Waals surface area (Å²) >= 11 is 0. The number of fused-ring (bicyclic) bond motifs is 1. The summed E-state index contributed by atoms with van der Waals surface area (Å²) < 4.78 is 1.68. The first-order valence-electron chi connectivity index (χ1n) is 9.87. The molecule has 1 aliphatic rings. The van der Waals surface area contributed by atoms with E-state index in [1.165, 1.54) is 31.5 Å². The van der Waals surface area contributed by atoms with Crippen molar-refractivity contribution in [3.63, 3.8) is 0 Å². The topological polar surface area (TPSA) is 75.4 Å². The van der Waals surface area contributed by atoms with Crippen LogP contribution in [0.5, 0.6) is 0 Å². The van der Waals surface area contributed by atoms with E-state index in [1.807, 2.05) is 26.0 Å². The van der Waals surface area contributed by atoms with Crippen LogP contribution in [0.4, 0.5) is 5.69 Å². The summed E-state index contributed by atoms with van der Waals surface area (Å²) in [4.78, 5) is 14.9. The van der Waals surface area contributed by atoms with Gasteiger partial charge in [-0.15, -0.1) is 10.2 Å². The molecular weight excluding hydrogens is 352 g/mol. The summed E-state index contributed by atoms with van der Waals surface area (Å²) in [6.45, 7) is 7.33. The Hall–Kier alpha value is -2.80. The van der Waals surface area contributed by atoms with Crippen molar-refractivity contribution in [2.45, 2.75) is 46.1 Å². The first-order valence-corrected chi connectivity index (χ1v) is 9.87. The number of carbonyl (C=O) groups is 1. The van der Waals surface area contributed by atoms with Crippen LogP contribution in [0, 0.1) is 13.8 Å². The number of benzene rings is 1. The molecule has 3 aromatic rings. The van der Waals surface area contributed by atoms with E-state index in [2.05, 4.69) is 37.6 Å². The summed E-state index contributed by atoms with van der Waals surface area (Å²) in [7, 11) is 0. The maximum absolute atomic E-state index is 12.4. The predicted molar refractivity (Wildman–Crippen MR) is 108 cm³/mol. The van der Waals surface area contributed by atoms with Gasteiger partial charge in [0.05, 0.1) is 5.69 Å². The lowest BCUT2D eigenvalue weighted by atomic mass is 10.0. The van der Waals surface area contributed by atoms with Crippen molar-refractivity contribution < 1.29 is 4.79 Å². The number of nitrogens with one attached hydrogen (secondary N) is 1. The van der Waals surface area contributed by atoms with Crippen LogP contribution < -0.4 is 5.32 Å². The van der Waals surface area contributed by atoms with Crippen LogP contribution in [0.2, 0.25) is 0 Å². The molecule has 0 unspecified atom stereocenters. The smallest absolute Gasteiger partial charge is 0.224 e. The van der Waals surface area contributed by atoms with Crippen molar-refractivity contribution in [1.29, 1.82) is 0 Å². The number of nitrogens with zero attached hydrogens (tertiary/aromatic N) is 5. The molecular formula is C21H26N6O. The van der Waals surface area contributed by atoms with Crippen LogP contribution in [-0.2, 0) is 17.8 Å². The monoisotopic (exact) mass is 378 g/mol. The second-order valence-electron chi connectivity index (χ2n) is 7.52. The molecule has 0 atom stereocenters. The van der Waals surface area contributed by atoms with Crippen molar-refractivity contribution in [3.8, 4) is 0 Å². The van der Waals surface area contributed by atoms with E-state index in [9.17, 15) is 4.79 Å². The molecule has 0 bridgehead atoms. The van der Waals surface area contributed by atoms with E-state index in [0.717, 1.165) is 34.7 Å². The molecule has 28 heavy (non-hydrogen) atoms. The molecule has 1 amide bonds. The number of aromatic nitrogens is 4. The normalized spacial score (nSPS) is 14.6. The first-order chi connectivity index (χ1) is 13.6. The highest BCUT2D eigenvalue weighted by Crippen LogP contribution is 2.18. The lowest BCUT2D eigenvalue weighted by Gasteiger charge is -2.15. The summed E-state index contributed by atoms with van der Waals surface area (Å²) in [5.74, 6) is 0.00688. The molecule has 0 radical (unpaired) electrons. The molecule has 2 aromatic heterocycles. The van der Waals surface area contributed by atoms with Gasteiger partial charge in [-0.2, -0.15) is 5.10 Å². The molecule has 7 heteroatoms. The Balaban J connectivity index is 1.34. The third-order valence-corrected chi connectivity index (χ3v) is 5.46. The summed E-state index contributed by atoms with van der Waals surface area (Å²) in [6, 6.07) is 8.18. The quantitative estimate of drug-likeness (QED) is 0.714. The van der Waals surface area contributed by atoms with Crippen LogP contribution >= 0.6 is 0 Å². The van der Waals surface area contributed by atoms with Crippen molar-refractivity contribution in [1.82, 2.24) is 24.7 Å². The Labute approximate surface area is 164 Å². The van der Waals surface area contributed by atoms with Gasteiger partial charge in [0, 0.05) is 24.2 Å². The van der Waals surface area contributed by atoms with Gasteiger partial charge in [0.25, 0.3) is 0 Å². The van der Waals surface area contributed by atoms with Gasteiger partial charge in [-0.1, -0.05) is 12.1 Å². The number of likely N-dealkylation sites (tertiary alicyclic amines) is 1. The maximum Gasteiger partial charge on any atom is 0.224 e. The minimum Gasteiger partial charge on any atom is -0.326 e. The average molecular weight is 378 g/mol.